The van der Waals surface area contributed by atoms with Gasteiger partial charge in [-0.05, 0) is 48.7 Å². The average molecular weight is 368 g/mol. The third kappa shape index (κ3) is 4.89. The number of amides is 1. The van der Waals surface area contributed by atoms with Crippen LogP contribution in [0.4, 0.5) is 5.69 Å². The Bertz CT molecular complexity index is 587. The van der Waals surface area contributed by atoms with Crippen LogP contribution in [0.5, 0.6) is 0 Å². The van der Waals surface area contributed by atoms with Gasteiger partial charge in [0.25, 0.3) is 0 Å². The lowest BCUT2D eigenvalue weighted by molar-refractivity contribution is -0.113. The molecule has 2 aromatic carbocycles. The van der Waals surface area contributed by atoms with E-state index in [2.05, 4.69) is 21.2 Å². The number of halogens is 1. The van der Waals surface area contributed by atoms with Crippen molar-refractivity contribution in [3.05, 3.63) is 53.0 Å². The monoisotopic (exact) mass is 367 g/mol. The first-order valence-corrected chi connectivity index (χ1v) is 9.00. The van der Waals surface area contributed by atoms with Crippen molar-refractivity contribution in [2.24, 2.45) is 0 Å². The van der Waals surface area contributed by atoms with Crippen molar-refractivity contribution in [2.45, 2.75) is 9.79 Å². The number of carbonyl (C=O) groups excluding carboxylic acids is 1. The van der Waals surface area contributed by atoms with Crippen molar-refractivity contribution in [2.75, 3.05) is 17.3 Å². The van der Waals surface area contributed by atoms with E-state index in [1.165, 1.54) is 11.8 Å². The van der Waals surface area contributed by atoms with E-state index in [9.17, 15) is 4.79 Å². The molecule has 2 nitrogen and oxygen atoms in total. The van der Waals surface area contributed by atoms with E-state index in [1.807, 2.05) is 54.8 Å². The molecule has 1 amide bonds. The van der Waals surface area contributed by atoms with Gasteiger partial charge in [-0.2, -0.15) is 0 Å². The van der Waals surface area contributed by atoms with E-state index in [0.717, 1.165) is 20.0 Å². The minimum atomic E-state index is 0.0103. The summed E-state index contributed by atoms with van der Waals surface area (Å²) in [4.78, 5) is 14.1. The fourth-order valence-electron chi connectivity index (χ4n) is 1.58. The van der Waals surface area contributed by atoms with Crippen LogP contribution in [0.15, 0.2) is 62.8 Å². The predicted octanol–water partition coefficient (Wildman–Crippen LogP) is 4.90. The molecular weight excluding hydrogens is 354 g/mol. The van der Waals surface area contributed by atoms with Crippen LogP contribution in [-0.2, 0) is 4.79 Å². The van der Waals surface area contributed by atoms with Crippen molar-refractivity contribution in [3.63, 3.8) is 0 Å². The van der Waals surface area contributed by atoms with Gasteiger partial charge in [0.05, 0.1) is 5.75 Å². The third-order valence-corrected chi connectivity index (χ3v) is 4.80. The first-order chi connectivity index (χ1) is 9.67. The molecule has 2 rings (SSSR count). The number of carbonyl (C=O) groups is 1. The summed E-state index contributed by atoms with van der Waals surface area (Å²) in [5, 5.41) is 2.92. The highest BCUT2D eigenvalue weighted by Crippen LogP contribution is 2.22. The van der Waals surface area contributed by atoms with Crippen LogP contribution in [-0.4, -0.2) is 17.9 Å². The topological polar surface area (TPSA) is 29.1 Å². The average Bonchev–Trinajstić information content (AvgIpc) is 2.47. The maximum atomic E-state index is 11.9. The number of thioether (sulfide) groups is 2. The zero-order valence-electron chi connectivity index (χ0n) is 10.9. The van der Waals surface area contributed by atoms with Crippen molar-refractivity contribution in [1.29, 1.82) is 0 Å². The van der Waals surface area contributed by atoms with Crippen LogP contribution in [0.2, 0.25) is 0 Å². The Morgan fingerprint density at radius 2 is 1.90 bits per heavy atom. The lowest BCUT2D eigenvalue weighted by Gasteiger charge is -2.06. The SMILES string of the molecule is CSc1cccc(NC(=O)CSc2ccc(Br)cc2)c1. The van der Waals surface area contributed by atoms with Gasteiger partial charge in [0.1, 0.15) is 0 Å². The summed E-state index contributed by atoms with van der Waals surface area (Å²) in [5.41, 5.74) is 0.846. The molecule has 0 aliphatic heterocycles. The summed E-state index contributed by atoms with van der Waals surface area (Å²) in [6.45, 7) is 0. The van der Waals surface area contributed by atoms with E-state index in [0.29, 0.717) is 5.75 Å². The van der Waals surface area contributed by atoms with Gasteiger partial charge in [0, 0.05) is 20.0 Å². The van der Waals surface area contributed by atoms with Crippen LogP contribution in [0.1, 0.15) is 0 Å². The van der Waals surface area contributed by atoms with E-state index < -0.39 is 0 Å². The molecule has 0 fully saturated rings. The number of nitrogens with one attached hydrogen (secondary N) is 1. The maximum absolute atomic E-state index is 11.9. The second-order valence-corrected chi connectivity index (χ2v) is 6.87. The number of hydrogen-bond donors (Lipinski definition) is 1. The molecule has 0 bridgehead atoms. The second-order valence-electron chi connectivity index (χ2n) is 4.02. The molecule has 0 aromatic heterocycles. The molecule has 104 valence electrons. The van der Waals surface area contributed by atoms with E-state index >= 15 is 0 Å². The van der Waals surface area contributed by atoms with Crippen LogP contribution in [0.3, 0.4) is 0 Å². The number of rotatable bonds is 5. The Kier molecular flexibility index (Phi) is 6.01. The van der Waals surface area contributed by atoms with Gasteiger partial charge in [-0.1, -0.05) is 22.0 Å². The number of anilines is 1. The minimum absolute atomic E-state index is 0.0103. The molecule has 0 aliphatic rings. The smallest absolute Gasteiger partial charge is 0.234 e. The zero-order chi connectivity index (χ0) is 14.4. The minimum Gasteiger partial charge on any atom is -0.325 e. The Labute approximate surface area is 135 Å². The normalized spacial score (nSPS) is 10.3. The van der Waals surface area contributed by atoms with Gasteiger partial charge < -0.3 is 5.32 Å². The van der Waals surface area contributed by atoms with Gasteiger partial charge in [-0.25, -0.2) is 0 Å². The molecule has 20 heavy (non-hydrogen) atoms. The molecule has 0 saturated heterocycles. The van der Waals surface area contributed by atoms with Crippen molar-refractivity contribution < 1.29 is 4.79 Å². The standard InChI is InChI=1S/C15H14BrNOS2/c1-19-14-4-2-3-12(9-14)17-15(18)10-20-13-7-5-11(16)6-8-13/h2-9H,10H2,1H3,(H,17,18). The lowest BCUT2D eigenvalue weighted by atomic mass is 10.3. The van der Waals surface area contributed by atoms with Crippen LogP contribution in [0.25, 0.3) is 0 Å². The van der Waals surface area contributed by atoms with Crippen molar-refractivity contribution >= 4 is 51.0 Å². The third-order valence-electron chi connectivity index (χ3n) is 2.54. The summed E-state index contributed by atoms with van der Waals surface area (Å²) in [6.07, 6.45) is 2.02. The Morgan fingerprint density at radius 3 is 2.60 bits per heavy atom. The number of benzene rings is 2. The Hall–Kier alpha value is -0.910. The molecule has 0 radical (unpaired) electrons. The molecule has 0 heterocycles. The van der Waals surface area contributed by atoms with Gasteiger partial charge in [-0.15, -0.1) is 23.5 Å². The van der Waals surface area contributed by atoms with Crippen LogP contribution >= 0.6 is 39.5 Å². The molecule has 1 N–H and O–H groups in total. The Balaban J connectivity index is 1.87. The number of hydrogen-bond acceptors (Lipinski definition) is 3. The lowest BCUT2D eigenvalue weighted by Crippen LogP contribution is -2.13. The predicted molar refractivity (Wildman–Crippen MR) is 91.7 cm³/mol. The summed E-state index contributed by atoms with van der Waals surface area (Å²) < 4.78 is 1.04. The molecule has 5 heteroatoms. The summed E-state index contributed by atoms with van der Waals surface area (Å²) in [6, 6.07) is 15.8. The molecule has 0 unspecified atom stereocenters. The highest BCUT2D eigenvalue weighted by Gasteiger charge is 2.04. The largest absolute Gasteiger partial charge is 0.325 e. The molecule has 0 atom stereocenters. The van der Waals surface area contributed by atoms with Gasteiger partial charge in [0.15, 0.2) is 0 Å². The van der Waals surface area contributed by atoms with Crippen molar-refractivity contribution in [3.8, 4) is 0 Å². The molecule has 0 spiro atoms. The fraction of sp³-hybridized carbons (Fsp3) is 0.133. The molecular formula is C15H14BrNOS2. The first-order valence-electron chi connectivity index (χ1n) is 5.99. The highest BCUT2D eigenvalue weighted by molar-refractivity contribution is 9.10. The summed E-state index contributed by atoms with van der Waals surface area (Å²) >= 11 is 6.58. The molecule has 0 saturated carbocycles. The van der Waals surface area contributed by atoms with E-state index in [-0.39, 0.29) is 5.91 Å². The van der Waals surface area contributed by atoms with E-state index in [1.54, 1.807) is 11.8 Å². The van der Waals surface area contributed by atoms with Gasteiger partial charge in [0.2, 0.25) is 5.91 Å². The highest BCUT2D eigenvalue weighted by atomic mass is 79.9. The second kappa shape index (κ2) is 7.76. The molecule has 0 aliphatic carbocycles. The van der Waals surface area contributed by atoms with Crippen LogP contribution < -0.4 is 5.32 Å². The van der Waals surface area contributed by atoms with Crippen LogP contribution in [0, 0.1) is 0 Å². The van der Waals surface area contributed by atoms with Crippen molar-refractivity contribution in [1.82, 2.24) is 0 Å². The zero-order valence-corrected chi connectivity index (χ0v) is 14.1. The quantitative estimate of drug-likeness (QED) is 0.761. The van der Waals surface area contributed by atoms with E-state index in [4.69, 9.17) is 0 Å². The van der Waals surface area contributed by atoms with Gasteiger partial charge >= 0.3 is 0 Å². The summed E-state index contributed by atoms with van der Waals surface area (Å²) in [5.74, 6) is 0.418. The maximum Gasteiger partial charge on any atom is 0.234 e. The first kappa shape index (κ1) is 15.5. The fourth-order valence-corrected chi connectivity index (χ4v) is 3.00. The summed E-state index contributed by atoms with van der Waals surface area (Å²) in [7, 11) is 0. The molecule has 2 aromatic rings. The Morgan fingerprint density at radius 1 is 1.15 bits per heavy atom. The van der Waals surface area contributed by atoms with Gasteiger partial charge in [-0.3, -0.25) is 4.79 Å².